The van der Waals surface area contributed by atoms with Gasteiger partial charge in [0.2, 0.25) is 0 Å². The van der Waals surface area contributed by atoms with Crippen LogP contribution in [0.15, 0.2) is 58.9 Å². The number of hydrogen-bond acceptors (Lipinski definition) is 7. The third kappa shape index (κ3) is 3.71. The lowest BCUT2D eigenvalue weighted by molar-refractivity contribution is -0.136. The summed E-state index contributed by atoms with van der Waals surface area (Å²) >= 11 is 0.848. The largest absolute Gasteiger partial charge is 0.466 e. The van der Waals surface area contributed by atoms with E-state index in [2.05, 4.69) is 0 Å². The Morgan fingerprint density at radius 3 is 2.18 bits per heavy atom. The molecule has 1 aromatic heterocycles. The van der Waals surface area contributed by atoms with E-state index in [4.69, 9.17) is 15.2 Å². The summed E-state index contributed by atoms with van der Waals surface area (Å²) < 4.78 is 39.9. The number of fused-ring (bicyclic) bond motifs is 1. The Balaban J connectivity index is 2.17. The lowest BCUT2D eigenvalue weighted by atomic mass is 9.83. The SMILES string of the molecule is COC(=O)C1=C(N)n2c(s/c(=C\c3ccccc3F)c2=O)=C(C(=O)OC)[C@@H]1c1ccccc1F. The summed E-state index contributed by atoms with van der Waals surface area (Å²) in [6.07, 6.45) is 1.31. The van der Waals surface area contributed by atoms with Crippen molar-refractivity contribution in [2.75, 3.05) is 14.2 Å². The monoisotopic (exact) mass is 484 g/mol. The lowest BCUT2D eigenvalue weighted by Gasteiger charge is -2.26. The first-order valence-electron chi connectivity index (χ1n) is 9.93. The van der Waals surface area contributed by atoms with Crippen molar-refractivity contribution >= 4 is 40.7 Å². The number of thiazole rings is 1. The maximum atomic E-state index is 14.9. The van der Waals surface area contributed by atoms with Crippen molar-refractivity contribution in [2.45, 2.75) is 5.92 Å². The molecule has 10 heteroatoms. The molecule has 0 radical (unpaired) electrons. The van der Waals surface area contributed by atoms with Crippen LogP contribution in [-0.4, -0.2) is 30.7 Å². The minimum atomic E-state index is -1.31. The number of benzene rings is 2. The highest BCUT2D eigenvalue weighted by Crippen LogP contribution is 2.38. The smallest absolute Gasteiger partial charge is 0.338 e. The Labute approximate surface area is 195 Å². The van der Waals surface area contributed by atoms with Crippen LogP contribution in [0, 0.1) is 11.6 Å². The molecule has 1 aliphatic rings. The number of aromatic nitrogens is 1. The van der Waals surface area contributed by atoms with Crippen molar-refractivity contribution in [1.29, 1.82) is 0 Å². The average molecular weight is 484 g/mol. The molecular weight excluding hydrogens is 466 g/mol. The Morgan fingerprint density at radius 1 is 0.971 bits per heavy atom. The molecule has 34 heavy (non-hydrogen) atoms. The van der Waals surface area contributed by atoms with E-state index in [0.29, 0.717) is 0 Å². The first kappa shape index (κ1) is 23.1. The molecule has 0 fully saturated rings. The van der Waals surface area contributed by atoms with E-state index in [1.807, 2.05) is 0 Å². The molecule has 2 heterocycles. The standard InChI is InChI=1S/C24H18F2N2O5S/c1-32-23(30)18-17(13-8-4-6-10-15(13)26)19(24(31)33-2)22-28(20(18)27)21(29)16(34-22)11-12-7-3-5-9-14(12)25/h3-11,17H,27H2,1-2H3/b16-11-/t17-/m1/s1. The third-order valence-corrected chi connectivity index (χ3v) is 6.48. The molecular formula is C24H18F2N2O5S. The van der Waals surface area contributed by atoms with E-state index >= 15 is 0 Å². The van der Waals surface area contributed by atoms with Crippen molar-refractivity contribution in [2.24, 2.45) is 5.73 Å². The first-order valence-corrected chi connectivity index (χ1v) is 10.7. The van der Waals surface area contributed by atoms with Crippen LogP contribution >= 0.6 is 11.3 Å². The summed E-state index contributed by atoms with van der Waals surface area (Å²) in [5.41, 5.74) is 5.22. The van der Waals surface area contributed by atoms with Crippen molar-refractivity contribution < 1.29 is 27.8 Å². The highest BCUT2D eigenvalue weighted by molar-refractivity contribution is 7.07. The number of carbonyl (C=O) groups is 2. The van der Waals surface area contributed by atoms with E-state index in [-0.39, 0.29) is 37.3 Å². The van der Waals surface area contributed by atoms with Crippen LogP contribution in [-0.2, 0) is 19.1 Å². The fourth-order valence-corrected chi connectivity index (χ4v) is 4.98. The van der Waals surface area contributed by atoms with E-state index in [0.717, 1.165) is 30.1 Å². The molecule has 3 aromatic rings. The zero-order valence-electron chi connectivity index (χ0n) is 18.0. The summed E-state index contributed by atoms with van der Waals surface area (Å²) in [6.45, 7) is 0. The van der Waals surface area contributed by atoms with E-state index < -0.39 is 35.1 Å². The van der Waals surface area contributed by atoms with E-state index in [9.17, 15) is 23.2 Å². The van der Waals surface area contributed by atoms with Crippen LogP contribution in [0.25, 0.3) is 17.5 Å². The molecule has 2 aromatic carbocycles. The van der Waals surface area contributed by atoms with Gasteiger partial charge in [-0.25, -0.2) is 18.4 Å². The van der Waals surface area contributed by atoms with Gasteiger partial charge < -0.3 is 15.2 Å². The molecule has 4 rings (SSSR count). The second kappa shape index (κ2) is 9.06. The van der Waals surface area contributed by atoms with Gasteiger partial charge in [0.15, 0.2) is 0 Å². The number of hydrogen-bond donors (Lipinski definition) is 1. The first-order chi connectivity index (χ1) is 16.3. The summed E-state index contributed by atoms with van der Waals surface area (Å²) in [5.74, 6) is -4.73. The predicted molar refractivity (Wildman–Crippen MR) is 122 cm³/mol. The van der Waals surface area contributed by atoms with Crippen LogP contribution in [0.5, 0.6) is 0 Å². The number of nitrogens with zero attached hydrogens (tertiary/aromatic N) is 1. The molecule has 7 nitrogen and oxygen atoms in total. The van der Waals surface area contributed by atoms with Gasteiger partial charge in [0.1, 0.15) is 22.1 Å². The zero-order chi connectivity index (χ0) is 24.6. The maximum Gasteiger partial charge on any atom is 0.338 e. The molecule has 2 N–H and O–H groups in total. The Hall–Kier alpha value is -4.05. The van der Waals surface area contributed by atoms with Gasteiger partial charge in [-0.1, -0.05) is 36.4 Å². The average Bonchev–Trinajstić information content (AvgIpc) is 3.15. The van der Waals surface area contributed by atoms with Crippen LogP contribution in [0.1, 0.15) is 17.0 Å². The maximum absolute atomic E-state index is 14.9. The molecule has 1 aliphatic heterocycles. The zero-order valence-corrected chi connectivity index (χ0v) is 18.8. The minimum absolute atomic E-state index is 0.0296. The number of halogens is 2. The topological polar surface area (TPSA) is 101 Å². The van der Waals surface area contributed by atoms with Gasteiger partial charge >= 0.3 is 11.9 Å². The fourth-order valence-electron chi connectivity index (χ4n) is 3.82. The molecule has 0 bridgehead atoms. The van der Waals surface area contributed by atoms with Gasteiger partial charge in [0.05, 0.1) is 35.8 Å². The predicted octanol–water partition coefficient (Wildman–Crippen LogP) is 1.44. The summed E-state index contributed by atoms with van der Waals surface area (Å²) in [6, 6.07) is 11.4. The summed E-state index contributed by atoms with van der Waals surface area (Å²) in [7, 11) is 2.22. The van der Waals surface area contributed by atoms with Gasteiger partial charge in [0.25, 0.3) is 5.56 Å². The number of ether oxygens (including phenoxy) is 2. The Kier molecular flexibility index (Phi) is 6.16. The van der Waals surface area contributed by atoms with Gasteiger partial charge in [-0.05, 0) is 18.2 Å². The second-order valence-electron chi connectivity index (χ2n) is 7.23. The number of carbonyl (C=O) groups excluding carboxylic acids is 2. The second-order valence-corrected chi connectivity index (χ2v) is 8.26. The van der Waals surface area contributed by atoms with Crippen molar-refractivity contribution in [3.05, 3.63) is 96.4 Å². The molecule has 0 unspecified atom stereocenters. The molecule has 0 spiro atoms. The van der Waals surface area contributed by atoms with Crippen LogP contribution in [0.3, 0.4) is 0 Å². The van der Waals surface area contributed by atoms with E-state index in [1.165, 1.54) is 48.5 Å². The van der Waals surface area contributed by atoms with Crippen LogP contribution in [0.4, 0.5) is 8.78 Å². The van der Waals surface area contributed by atoms with Crippen LogP contribution < -0.4 is 20.5 Å². The molecule has 174 valence electrons. The Bertz CT molecular complexity index is 1540. The molecule has 0 saturated carbocycles. The number of nitrogens with two attached hydrogens (primary N) is 1. The molecule has 0 amide bonds. The minimum Gasteiger partial charge on any atom is -0.466 e. The van der Waals surface area contributed by atoms with Gasteiger partial charge in [-0.2, -0.15) is 0 Å². The number of methoxy groups -OCH3 is 2. The fraction of sp³-hybridized carbons (Fsp3) is 0.125. The quantitative estimate of drug-likeness (QED) is 0.563. The van der Waals surface area contributed by atoms with Gasteiger partial charge in [-0.3, -0.25) is 9.36 Å². The highest BCUT2D eigenvalue weighted by atomic mass is 32.1. The van der Waals surface area contributed by atoms with Crippen molar-refractivity contribution in [3.8, 4) is 0 Å². The van der Waals surface area contributed by atoms with Gasteiger partial charge in [-0.15, -0.1) is 11.3 Å². The third-order valence-electron chi connectivity index (χ3n) is 5.37. The number of rotatable bonds is 4. The van der Waals surface area contributed by atoms with E-state index in [1.54, 1.807) is 6.07 Å². The molecule has 0 aliphatic carbocycles. The summed E-state index contributed by atoms with van der Waals surface area (Å²) in [5, 5.41) is 0. The molecule has 1 atom stereocenters. The summed E-state index contributed by atoms with van der Waals surface area (Å²) in [4.78, 5) is 39.0. The lowest BCUT2D eigenvalue weighted by Crippen LogP contribution is -2.41. The number of esters is 2. The normalized spacial score (nSPS) is 15.8. The molecule has 0 saturated heterocycles. The van der Waals surface area contributed by atoms with Crippen molar-refractivity contribution in [1.82, 2.24) is 4.57 Å². The highest BCUT2D eigenvalue weighted by Gasteiger charge is 2.40. The van der Waals surface area contributed by atoms with Crippen LogP contribution in [0.2, 0.25) is 0 Å². The van der Waals surface area contributed by atoms with Crippen molar-refractivity contribution in [3.63, 3.8) is 0 Å². The Morgan fingerprint density at radius 2 is 1.56 bits per heavy atom. The van der Waals surface area contributed by atoms with Gasteiger partial charge in [0, 0.05) is 11.1 Å².